The minimum absolute atomic E-state index is 0.141. The smallest absolute Gasteiger partial charge is 0.411 e. The van der Waals surface area contributed by atoms with E-state index in [1.807, 2.05) is 0 Å². The molecule has 1 aromatic carbocycles. The van der Waals surface area contributed by atoms with Crippen LogP contribution < -0.4 is 5.69 Å². The highest BCUT2D eigenvalue weighted by atomic mass is 16.6. The highest BCUT2D eigenvalue weighted by Gasteiger charge is 2.49. The largest absolute Gasteiger partial charge is 0.493 e. The molecule has 2 bridgehead atoms. The number of pyridine rings is 1. The zero-order valence-electron chi connectivity index (χ0n) is 15.6. The van der Waals surface area contributed by atoms with Crippen LogP contribution >= 0.6 is 0 Å². The van der Waals surface area contributed by atoms with Gasteiger partial charge in [-0.1, -0.05) is 36.8 Å². The third-order valence-electron chi connectivity index (χ3n) is 5.67. The van der Waals surface area contributed by atoms with Crippen molar-refractivity contribution in [2.45, 2.75) is 18.5 Å². The molecule has 2 unspecified atom stereocenters. The molecular formula is C21H15N5O4. The Balaban J connectivity index is 1.66. The lowest BCUT2D eigenvalue weighted by molar-refractivity contribution is 0.103. The summed E-state index contributed by atoms with van der Waals surface area (Å²) in [4.78, 5) is 34.6. The Morgan fingerprint density at radius 1 is 1.40 bits per heavy atom. The highest BCUT2D eigenvalue weighted by molar-refractivity contribution is 5.97. The number of imidazole rings is 1. The topological polar surface area (TPSA) is 94.0 Å². The number of amides is 1. The normalized spacial score (nSPS) is 18.8. The molecule has 0 spiro atoms. The van der Waals surface area contributed by atoms with E-state index in [1.165, 1.54) is 20.2 Å². The van der Waals surface area contributed by atoms with Crippen molar-refractivity contribution in [3.05, 3.63) is 58.1 Å². The number of nitrogens with zero attached hydrogens (tertiary/aromatic N) is 5. The van der Waals surface area contributed by atoms with E-state index >= 15 is 0 Å². The van der Waals surface area contributed by atoms with Gasteiger partial charge in [-0.3, -0.25) is 9.47 Å². The molecule has 30 heavy (non-hydrogen) atoms. The van der Waals surface area contributed by atoms with Crippen molar-refractivity contribution in [1.82, 2.24) is 19.0 Å². The van der Waals surface area contributed by atoms with E-state index in [2.05, 4.69) is 15.7 Å². The number of terminal acetylenes is 1. The number of rotatable bonds is 2. The fourth-order valence-electron chi connectivity index (χ4n) is 4.48. The van der Waals surface area contributed by atoms with Crippen molar-refractivity contribution >= 4 is 22.7 Å². The van der Waals surface area contributed by atoms with Crippen LogP contribution in [0.1, 0.15) is 24.2 Å². The van der Waals surface area contributed by atoms with Gasteiger partial charge in [-0.2, -0.15) is 0 Å². The number of benzene rings is 1. The quantitative estimate of drug-likeness (QED) is 0.526. The summed E-state index contributed by atoms with van der Waals surface area (Å²) in [5.74, 6) is 2.22. The van der Waals surface area contributed by atoms with E-state index in [0.29, 0.717) is 35.1 Å². The number of carbonyl (C=O) groups excluding carboxylic acids is 1. The van der Waals surface area contributed by atoms with E-state index in [4.69, 9.17) is 17.7 Å². The van der Waals surface area contributed by atoms with Crippen molar-refractivity contribution in [1.29, 1.82) is 0 Å². The van der Waals surface area contributed by atoms with Gasteiger partial charge in [-0.25, -0.2) is 14.2 Å². The molecule has 2 aliphatic heterocycles. The highest BCUT2D eigenvalue weighted by Crippen LogP contribution is 2.49. The number of carbonyl (C=O) groups is 1. The maximum atomic E-state index is 13.2. The predicted molar refractivity (Wildman–Crippen MR) is 107 cm³/mol. The van der Waals surface area contributed by atoms with Crippen LogP contribution in [0.4, 0.5) is 10.6 Å². The lowest BCUT2D eigenvalue weighted by Gasteiger charge is -2.26. The second-order valence-corrected chi connectivity index (χ2v) is 7.14. The lowest BCUT2D eigenvalue weighted by atomic mass is 10.1. The average molecular weight is 401 g/mol. The van der Waals surface area contributed by atoms with E-state index in [1.54, 1.807) is 24.3 Å². The van der Waals surface area contributed by atoms with Crippen molar-refractivity contribution < 1.29 is 14.6 Å². The van der Waals surface area contributed by atoms with Gasteiger partial charge < -0.3 is 14.7 Å². The fraction of sp³-hybridized carbons (Fsp3) is 0.238. The molecule has 4 heterocycles. The van der Waals surface area contributed by atoms with Crippen LogP contribution in [0.5, 0.6) is 5.88 Å². The summed E-state index contributed by atoms with van der Waals surface area (Å²) in [5.41, 5.74) is 0.338. The Labute approximate surface area is 170 Å². The summed E-state index contributed by atoms with van der Waals surface area (Å²) in [5, 5.41) is 12.2. The molecule has 9 heteroatoms. The van der Waals surface area contributed by atoms with Gasteiger partial charge in [0, 0.05) is 17.3 Å². The summed E-state index contributed by atoms with van der Waals surface area (Å²) in [6.45, 7) is 7.48. The third-order valence-corrected chi connectivity index (χ3v) is 5.67. The molecule has 5 rings (SSSR count). The first-order valence-electron chi connectivity index (χ1n) is 9.25. The van der Waals surface area contributed by atoms with Gasteiger partial charge in [0.15, 0.2) is 6.61 Å². The zero-order chi connectivity index (χ0) is 21.0. The van der Waals surface area contributed by atoms with Crippen LogP contribution in [-0.4, -0.2) is 43.4 Å². The molecule has 0 aliphatic carbocycles. The molecule has 0 radical (unpaired) electrons. The SMILES string of the molecule is [C-]#[N+]c1ncc(-n2c(O)c3n(c2=O)C2CC3N(C(=O)OCC#C)C2)c2ccccc12. The van der Waals surface area contributed by atoms with Crippen LogP contribution in [-0.2, 0) is 4.74 Å². The number of aromatic hydroxyl groups is 1. The van der Waals surface area contributed by atoms with Gasteiger partial charge in [-0.05, 0) is 6.42 Å². The zero-order valence-corrected chi connectivity index (χ0v) is 15.6. The van der Waals surface area contributed by atoms with Crippen LogP contribution in [0.2, 0.25) is 0 Å². The summed E-state index contributed by atoms with van der Waals surface area (Å²) >= 11 is 0. The molecule has 1 amide bonds. The molecule has 2 aromatic heterocycles. The first-order chi connectivity index (χ1) is 14.6. The lowest BCUT2D eigenvalue weighted by Crippen LogP contribution is -2.38. The van der Waals surface area contributed by atoms with Gasteiger partial charge in [-0.15, -0.1) is 11.4 Å². The second kappa shape index (κ2) is 6.39. The van der Waals surface area contributed by atoms with Crippen LogP contribution in [0.3, 0.4) is 0 Å². The first-order valence-corrected chi connectivity index (χ1v) is 9.25. The van der Waals surface area contributed by atoms with Gasteiger partial charge >= 0.3 is 11.8 Å². The molecule has 2 atom stereocenters. The van der Waals surface area contributed by atoms with Gasteiger partial charge in [0.1, 0.15) is 17.6 Å². The fourth-order valence-corrected chi connectivity index (χ4v) is 4.48. The minimum atomic E-state index is -0.570. The Bertz CT molecular complexity index is 1360. The average Bonchev–Trinajstić information content (AvgIpc) is 3.43. The molecule has 0 saturated carbocycles. The van der Waals surface area contributed by atoms with Gasteiger partial charge in [0.25, 0.3) is 5.82 Å². The predicted octanol–water partition coefficient (Wildman–Crippen LogP) is 2.51. The molecule has 3 aromatic rings. The molecule has 1 N–H and O–H groups in total. The molecule has 2 aliphatic rings. The third kappa shape index (κ3) is 2.26. The first kappa shape index (κ1) is 17.8. The number of aromatic nitrogens is 3. The molecule has 9 nitrogen and oxygen atoms in total. The maximum Gasteiger partial charge on any atom is 0.411 e. The van der Waals surface area contributed by atoms with E-state index < -0.39 is 17.8 Å². The Morgan fingerprint density at radius 2 is 2.17 bits per heavy atom. The summed E-state index contributed by atoms with van der Waals surface area (Å²) in [7, 11) is 0. The van der Waals surface area contributed by atoms with E-state index in [0.717, 1.165) is 0 Å². The second-order valence-electron chi connectivity index (χ2n) is 7.14. The van der Waals surface area contributed by atoms with Crippen molar-refractivity contribution in [2.24, 2.45) is 0 Å². The Kier molecular flexibility index (Phi) is 3.80. The van der Waals surface area contributed by atoms with Crippen molar-refractivity contribution in [2.75, 3.05) is 13.2 Å². The van der Waals surface area contributed by atoms with Crippen LogP contribution in [0.25, 0.3) is 21.3 Å². The minimum Gasteiger partial charge on any atom is -0.493 e. The Morgan fingerprint density at radius 3 is 2.90 bits per heavy atom. The molecule has 148 valence electrons. The van der Waals surface area contributed by atoms with Crippen molar-refractivity contribution in [3.8, 4) is 23.9 Å². The number of ether oxygens (including phenoxy) is 1. The van der Waals surface area contributed by atoms with Crippen LogP contribution in [0, 0.1) is 18.9 Å². The molecule has 1 fully saturated rings. The van der Waals surface area contributed by atoms with Gasteiger partial charge in [0.05, 0.1) is 12.1 Å². The summed E-state index contributed by atoms with van der Waals surface area (Å²) in [6, 6.07) is 6.36. The van der Waals surface area contributed by atoms with E-state index in [9.17, 15) is 14.7 Å². The summed E-state index contributed by atoms with van der Waals surface area (Å²) in [6.07, 6.45) is 6.52. The Hall–Kier alpha value is -4.24. The summed E-state index contributed by atoms with van der Waals surface area (Å²) < 4.78 is 7.74. The number of likely N-dealkylation sites (tertiary alicyclic amines) is 1. The maximum absolute atomic E-state index is 13.2. The van der Waals surface area contributed by atoms with Gasteiger partial charge in [0.2, 0.25) is 5.88 Å². The number of hydrogen-bond acceptors (Lipinski definition) is 5. The monoisotopic (exact) mass is 401 g/mol. The van der Waals surface area contributed by atoms with Crippen molar-refractivity contribution in [3.63, 3.8) is 0 Å². The number of hydrogen-bond donors (Lipinski definition) is 1. The number of fused-ring (bicyclic) bond motifs is 6. The standard InChI is InChI=1S/C21H15N5O4/c1-3-8-30-21(29)24-11-12-9-15(24)17-19(27)26(20(28)25(12)17)16-10-23-18(22-2)14-7-5-4-6-13(14)16/h1,4-7,10,12,15,27H,8-9,11H2. The molecular weight excluding hydrogens is 386 g/mol. The van der Waals surface area contributed by atoms with Crippen LogP contribution in [0.15, 0.2) is 35.3 Å². The van der Waals surface area contributed by atoms with E-state index in [-0.39, 0.29) is 24.3 Å². The molecule has 1 saturated heterocycles.